The molecule has 0 amide bonds. The van der Waals surface area contributed by atoms with Gasteiger partial charge in [0.05, 0.1) is 4.92 Å². The molecule has 0 radical (unpaired) electrons. The van der Waals surface area contributed by atoms with Gasteiger partial charge in [0.25, 0.3) is 5.69 Å². The van der Waals surface area contributed by atoms with Gasteiger partial charge in [-0.2, -0.15) is 0 Å². The van der Waals surface area contributed by atoms with Gasteiger partial charge in [-0.3, -0.25) is 15.0 Å². The molecule has 1 aromatic heterocycles. The molecule has 1 N–H and O–H groups in total. The van der Waals surface area contributed by atoms with E-state index >= 15 is 0 Å². The van der Waals surface area contributed by atoms with Crippen LogP contribution >= 0.6 is 11.3 Å². The lowest BCUT2D eigenvalue weighted by Gasteiger charge is -2.26. The first-order valence-corrected chi connectivity index (χ1v) is 7.97. The zero-order chi connectivity index (χ0) is 15.5. The Hall–Kier alpha value is -1.99. The molecule has 116 valence electrons. The average Bonchev–Trinajstić information content (AvgIpc) is 2.94. The van der Waals surface area contributed by atoms with E-state index in [-0.39, 0.29) is 11.4 Å². The maximum Gasteiger partial charge on any atom is 0.292 e. The highest BCUT2D eigenvalue weighted by Crippen LogP contribution is 2.26. The summed E-state index contributed by atoms with van der Waals surface area (Å²) >= 11 is 1.80. The quantitative estimate of drug-likeness (QED) is 0.678. The van der Waals surface area contributed by atoms with Crippen molar-refractivity contribution in [3.63, 3.8) is 0 Å². The van der Waals surface area contributed by atoms with Gasteiger partial charge in [0.15, 0.2) is 0 Å². The van der Waals surface area contributed by atoms with Crippen molar-refractivity contribution in [2.45, 2.75) is 13.0 Å². The van der Waals surface area contributed by atoms with Crippen LogP contribution in [-0.2, 0) is 13.0 Å². The molecule has 0 aliphatic carbocycles. The minimum absolute atomic E-state index is 0.0971. The summed E-state index contributed by atoms with van der Waals surface area (Å²) < 4.78 is 13.3. The molecule has 7 heteroatoms. The van der Waals surface area contributed by atoms with Gasteiger partial charge < -0.3 is 5.32 Å². The zero-order valence-corrected chi connectivity index (χ0v) is 12.7. The second-order valence-corrected chi connectivity index (χ2v) is 6.24. The average molecular weight is 321 g/mol. The first-order chi connectivity index (χ1) is 10.6. The van der Waals surface area contributed by atoms with Gasteiger partial charge in [-0.25, -0.2) is 4.39 Å². The summed E-state index contributed by atoms with van der Waals surface area (Å²) in [6, 6.07) is 5.62. The van der Waals surface area contributed by atoms with Crippen LogP contribution in [0.25, 0.3) is 0 Å². The fourth-order valence-electron chi connectivity index (χ4n) is 2.66. The van der Waals surface area contributed by atoms with Crippen molar-refractivity contribution in [1.82, 2.24) is 4.90 Å². The minimum atomic E-state index is -0.500. The van der Waals surface area contributed by atoms with Gasteiger partial charge in [-0.1, -0.05) is 0 Å². The number of rotatable bonds is 5. The number of thiophene rings is 1. The van der Waals surface area contributed by atoms with E-state index in [1.807, 2.05) is 0 Å². The summed E-state index contributed by atoms with van der Waals surface area (Å²) in [6.07, 6.45) is 1.05. The van der Waals surface area contributed by atoms with E-state index in [1.165, 1.54) is 22.6 Å². The van der Waals surface area contributed by atoms with E-state index in [4.69, 9.17) is 0 Å². The number of nitrogens with zero attached hydrogens (tertiary/aromatic N) is 2. The number of halogens is 1. The Labute approximate surface area is 131 Å². The predicted molar refractivity (Wildman–Crippen MR) is 84.8 cm³/mol. The molecule has 0 atom stereocenters. The molecular formula is C15H16FN3O2S. The summed E-state index contributed by atoms with van der Waals surface area (Å²) in [7, 11) is 0. The monoisotopic (exact) mass is 321 g/mol. The van der Waals surface area contributed by atoms with Crippen molar-refractivity contribution in [2.75, 3.05) is 25.0 Å². The van der Waals surface area contributed by atoms with E-state index in [1.54, 1.807) is 11.3 Å². The molecule has 0 saturated heterocycles. The Morgan fingerprint density at radius 3 is 3.09 bits per heavy atom. The van der Waals surface area contributed by atoms with Crippen molar-refractivity contribution >= 4 is 22.7 Å². The van der Waals surface area contributed by atoms with Gasteiger partial charge in [0, 0.05) is 43.2 Å². The zero-order valence-electron chi connectivity index (χ0n) is 11.9. The molecule has 0 bridgehead atoms. The van der Waals surface area contributed by atoms with Crippen LogP contribution in [0.1, 0.15) is 10.4 Å². The Balaban J connectivity index is 1.58. The van der Waals surface area contributed by atoms with Gasteiger partial charge in [0.2, 0.25) is 0 Å². The van der Waals surface area contributed by atoms with Crippen molar-refractivity contribution in [3.05, 3.63) is 56.0 Å². The minimum Gasteiger partial charge on any atom is -0.378 e. The van der Waals surface area contributed by atoms with Crippen LogP contribution in [0.4, 0.5) is 15.8 Å². The number of anilines is 1. The summed E-state index contributed by atoms with van der Waals surface area (Å²) in [5.41, 5.74) is 1.51. The summed E-state index contributed by atoms with van der Waals surface area (Å²) in [5.74, 6) is -0.478. The fraction of sp³-hybridized carbons (Fsp3) is 0.333. The van der Waals surface area contributed by atoms with Crippen LogP contribution in [-0.4, -0.2) is 29.5 Å². The van der Waals surface area contributed by atoms with Crippen LogP contribution in [0.2, 0.25) is 0 Å². The third-order valence-electron chi connectivity index (χ3n) is 3.79. The number of hydrogen-bond acceptors (Lipinski definition) is 5. The van der Waals surface area contributed by atoms with Gasteiger partial charge in [-0.05, 0) is 29.5 Å². The van der Waals surface area contributed by atoms with Crippen molar-refractivity contribution in [2.24, 2.45) is 0 Å². The molecule has 2 heterocycles. The second kappa shape index (κ2) is 6.41. The number of hydrogen-bond donors (Lipinski definition) is 1. The Morgan fingerprint density at radius 1 is 1.41 bits per heavy atom. The third kappa shape index (κ3) is 3.26. The lowest BCUT2D eigenvalue weighted by atomic mass is 10.1. The van der Waals surface area contributed by atoms with Crippen LogP contribution in [0.5, 0.6) is 0 Å². The van der Waals surface area contributed by atoms with E-state index < -0.39 is 10.7 Å². The summed E-state index contributed by atoms with van der Waals surface area (Å²) in [4.78, 5) is 14.2. The van der Waals surface area contributed by atoms with Crippen molar-refractivity contribution < 1.29 is 9.31 Å². The lowest BCUT2D eigenvalue weighted by Crippen LogP contribution is -2.33. The number of nitrogens with one attached hydrogen (secondary N) is 1. The number of fused-ring (bicyclic) bond motifs is 1. The topological polar surface area (TPSA) is 58.4 Å². The molecule has 3 rings (SSSR count). The molecule has 5 nitrogen and oxygen atoms in total. The molecule has 1 aliphatic rings. The molecule has 1 aromatic carbocycles. The van der Waals surface area contributed by atoms with Crippen LogP contribution in [0.15, 0.2) is 29.6 Å². The SMILES string of the molecule is O=[N+]([O-])c1ccc(F)cc1NCCN1CCc2sccc2C1. The van der Waals surface area contributed by atoms with E-state index in [0.29, 0.717) is 6.54 Å². The fourth-order valence-corrected chi connectivity index (χ4v) is 3.55. The van der Waals surface area contributed by atoms with Gasteiger partial charge in [0.1, 0.15) is 11.5 Å². The highest BCUT2D eigenvalue weighted by molar-refractivity contribution is 7.10. The van der Waals surface area contributed by atoms with E-state index in [2.05, 4.69) is 21.7 Å². The number of nitro benzene ring substituents is 1. The standard InChI is InChI=1S/C15H16FN3O2S/c16-12-1-2-14(19(20)21)13(9-12)17-5-7-18-6-3-15-11(10-18)4-8-22-15/h1-2,4,8-9,17H,3,5-7,10H2. The molecule has 2 aromatic rings. The first-order valence-electron chi connectivity index (χ1n) is 7.09. The Bertz CT molecular complexity index is 689. The van der Waals surface area contributed by atoms with Crippen LogP contribution < -0.4 is 5.32 Å². The number of benzene rings is 1. The van der Waals surface area contributed by atoms with Crippen LogP contribution in [0.3, 0.4) is 0 Å². The van der Waals surface area contributed by atoms with E-state index in [0.717, 1.165) is 32.1 Å². The van der Waals surface area contributed by atoms with Crippen molar-refractivity contribution in [1.29, 1.82) is 0 Å². The molecule has 22 heavy (non-hydrogen) atoms. The highest BCUT2D eigenvalue weighted by Gasteiger charge is 2.18. The van der Waals surface area contributed by atoms with Crippen LogP contribution in [0, 0.1) is 15.9 Å². The van der Waals surface area contributed by atoms with Gasteiger partial charge in [-0.15, -0.1) is 11.3 Å². The summed E-state index contributed by atoms with van der Waals surface area (Å²) in [5, 5.41) is 16.0. The highest BCUT2D eigenvalue weighted by atomic mass is 32.1. The molecule has 0 unspecified atom stereocenters. The lowest BCUT2D eigenvalue weighted by molar-refractivity contribution is -0.384. The Kier molecular flexibility index (Phi) is 4.35. The molecule has 0 fully saturated rings. The predicted octanol–water partition coefficient (Wildman–Crippen LogP) is 3.27. The van der Waals surface area contributed by atoms with E-state index in [9.17, 15) is 14.5 Å². The second-order valence-electron chi connectivity index (χ2n) is 5.24. The molecule has 0 saturated carbocycles. The number of nitro groups is 1. The van der Waals surface area contributed by atoms with Crippen molar-refractivity contribution in [3.8, 4) is 0 Å². The molecule has 0 spiro atoms. The third-order valence-corrected chi connectivity index (χ3v) is 4.81. The van der Waals surface area contributed by atoms with Gasteiger partial charge >= 0.3 is 0 Å². The first kappa shape index (κ1) is 14.9. The summed E-state index contributed by atoms with van der Waals surface area (Å²) in [6.45, 7) is 3.21. The normalized spacial score (nSPS) is 14.6. The smallest absolute Gasteiger partial charge is 0.292 e. The largest absolute Gasteiger partial charge is 0.378 e. The Morgan fingerprint density at radius 2 is 2.27 bits per heavy atom. The maximum atomic E-state index is 13.3. The maximum absolute atomic E-state index is 13.3. The molecule has 1 aliphatic heterocycles. The molecular weight excluding hydrogens is 305 g/mol.